The number of carbonyl (C=O) groups is 3. The quantitative estimate of drug-likeness (QED) is 0.519. The molecule has 0 bridgehead atoms. The van der Waals surface area contributed by atoms with E-state index in [1.54, 1.807) is 6.92 Å². The van der Waals surface area contributed by atoms with E-state index in [1.165, 1.54) is 0 Å². The second-order valence-electron chi connectivity index (χ2n) is 9.28. The van der Waals surface area contributed by atoms with E-state index < -0.39 is 5.92 Å². The third kappa shape index (κ3) is 4.12. The van der Waals surface area contributed by atoms with Gasteiger partial charge >= 0.3 is 0 Å². The van der Waals surface area contributed by atoms with Gasteiger partial charge in [-0.1, -0.05) is 24.1 Å². The molecular formula is C28H29NO3. The minimum absolute atomic E-state index is 0.0182. The number of amides is 1. The molecule has 164 valence electrons. The van der Waals surface area contributed by atoms with Crippen molar-refractivity contribution in [3.05, 3.63) is 70.3 Å². The van der Waals surface area contributed by atoms with Gasteiger partial charge in [0.05, 0.1) is 0 Å². The van der Waals surface area contributed by atoms with Crippen molar-refractivity contribution >= 4 is 17.5 Å². The van der Waals surface area contributed by atoms with Crippen molar-refractivity contribution in [3.8, 4) is 11.8 Å². The Bertz CT molecular complexity index is 1090. The number of ketones is 2. The highest BCUT2D eigenvalue weighted by Crippen LogP contribution is 2.46. The van der Waals surface area contributed by atoms with Crippen LogP contribution in [0.4, 0.5) is 0 Å². The van der Waals surface area contributed by atoms with Gasteiger partial charge in [0, 0.05) is 37.1 Å². The van der Waals surface area contributed by atoms with Gasteiger partial charge in [-0.15, -0.1) is 5.92 Å². The van der Waals surface area contributed by atoms with Gasteiger partial charge in [0.15, 0.2) is 0 Å². The van der Waals surface area contributed by atoms with Gasteiger partial charge in [-0.05, 0) is 80.0 Å². The summed E-state index contributed by atoms with van der Waals surface area (Å²) in [5, 5.41) is 0. The largest absolute Gasteiger partial charge is 0.339 e. The van der Waals surface area contributed by atoms with Gasteiger partial charge in [0.25, 0.3) is 5.91 Å². The average molecular weight is 428 g/mol. The van der Waals surface area contributed by atoms with Crippen LogP contribution >= 0.6 is 0 Å². The Morgan fingerprint density at radius 3 is 2.06 bits per heavy atom. The van der Waals surface area contributed by atoms with Crippen LogP contribution in [0.3, 0.4) is 0 Å². The van der Waals surface area contributed by atoms with Crippen LogP contribution in [-0.2, 0) is 9.59 Å². The van der Waals surface area contributed by atoms with Gasteiger partial charge in [0.1, 0.15) is 17.5 Å². The van der Waals surface area contributed by atoms with Gasteiger partial charge in [-0.2, -0.15) is 0 Å². The van der Waals surface area contributed by atoms with Gasteiger partial charge < -0.3 is 4.90 Å². The number of benzene rings is 2. The number of hydrogen-bond acceptors (Lipinski definition) is 3. The molecule has 1 aliphatic heterocycles. The summed E-state index contributed by atoms with van der Waals surface area (Å²) in [4.78, 5) is 41.2. The van der Waals surface area contributed by atoms with E-state index in [4.69, 9.17) is 0 Å². The molecule has 1 amide bonds. The Hall–Kier alpha value is -3.19. The third-order valence-corrected chi connectivity index (χ3v) is 7.03. The zero-order chi connectivity index (χ0) is 22.9. The Morgan fingerprint density at radius 1 is 0.969 bits per heavy atom. The number of likely N-dealkylation sites (tertiary alicyclic amines) is 1. The fraction of sp³-hybridized carbons (Fsp3) is 0.393. The first-order valence-corrected chi connectivity index (χ1v) is 11.3. The van der Waals surface area contributed by atoms with Crippen LogP contribution in [0.1, 0.15) is 71.1 Å². The summed E-state index contributed by atoms with van der Waals surface area (Å²) < 4.78 is 0. The lowest BCUT2D eigenvalue weighted by Gasteiger charge is -2.44. The van der Waals surface area contributed by atoms with Crippen LogP contribution in [0.25, 0.3) is 0 Å². The molecule has 2 aromatic carbocycles. The van der Waals surface area contributed by atoms with Crippen molar-refractivity contribution < 1.29 is 14.4 Å². The number of carbonyl (C=O) groups excluding carboxylic acids is 3. The maximum absolute atomic E-state index is 13.3. The Morgan fingerprint density at radius 2 is 1.53 bits per heavy atom. The molecule has 32 heavy (non-hydrogen) atoms. The smallest absolute Gasteiger partial charge is 0.253 e. The van der Waals surface area contributed by atoms with Crippen molar-refractivity contribution in [3.63, 3.8) is 0 Å². The predicted octanol–water partition coefficient (Wildman–Crippen LogP) is 4.61. The molecule has 2 aromatic rings. The van der Waals surface area contributed by atoms with E-state index >= 15 is 0 Å². The molecule has 0 aromatic heterocycles. The van der Waals surface area contributed by atoms with Crippen molar-refractivity contribution in [2.45, 2.75) is 52.4 Å². The molecule has 1 aliphatic carbocycles. The summed E-state index contributed by atoms with van der Waals surface area (Å²) in [5.41, 5.74) is 4.04. The highest BCUT2D eigenvalue weighted by molar-refractivity contribution is 6.10. The second kappa shape index (κ2) is 8.74. The summed E-state index contributed by atoms with van der Waals surface area (Å²) in [5.74, 6) is 5.35. The molecule has 4 nitrogen and oxygen atoms in total. The summed E-state index contributed by atoms with van der Waals surface area (Å²) in [6, 6.07) is 13.2. The van der Waals surface area contributed by atoms with Gasteiger partial charge in [0.2, 0.25) is 0 Å². The number of aryl methyl sites for hydroxylation is 2. The molecule has 2 aliphatic rings. The van der Waals surface area contributed by atoms with E-state index in [1.807, 2.05) is 61.2 Å². The van der Waals surface area contributed by atoms with E-state index in [2.05, 4.69) is 11.8 Å². The summed E-state index contributed by atoms with van der Waals surface area (Å²) in [6.07, 6.45) is 2.20. The molecule has 0 unspecified atom stereocenters. The van der Waals surface area contributed by atoms with Crippen LogP contribution < -0.4 is 0 Å². The zero-order valence-corrected chi connectivity index (χ0v) is 19.0. The summed E-state index contributed by atoms with van der Waals surface area (Å²) in [7, 11) is 0. The molecule has 4 rings (SSSR count). The van der Waals surface area contributed by atoms with Crippen LogP contribution in [0.5, 0.6) is 0 Å². The first-order chi connectivity index (χ1) is 15.3. The zero-order valence-electron chi connectivity index (χ0n) is 19.0. The van der Waals surface area contributed by atoms with Crippen molar-refractivity contribution in [2.24, 2.45) is 5.41 Å². The maximum atomic E-state index is 13.3. The highest BCUT2D eigenvalue weighted by Gasteiger charge is 2.47. The lowest BCUT2D eigenvalue weighted by Crippen LogP contribution is -2.48. The van der Waals surface area contributed by atoms with E-state index in [9.17, 15) is 14.4 Å². The Balaban J connectivity index is 1.49. The first kappa shape index (κ1) is 22.0. The molecule has 1 saturated carbocycles. The van der Waals surface area contributed by atoms with Crippen molar-refractivity contribution in [1.82, 2.24) is 4.90 Å². The highest BCUT2D eigenvalue weighted by atomic mass is 16.2. The van der Waals surface area contributed by atoms with E-state index in [-0.39, 0.29) is 22.9 Å². The van der Waals surface area contributed by atoms with Crippen LogP contribution in [-0.4, -0.2) is 35.5 Å². The lowest BCUT2D eigenvalue weighted by atomic mass is 9.62. The summed E-state index contributed by atoms with van der Waals surface area (Å²) in [6.45, 7) is 6.89. The minimum atomic E-state index is -0.673. The fourth-order valence-electron chi connectivity index (χ4n) is 5.45. The fourth-order valence-corrected chi connectivity index (χ4v) is 5.45. The standard InChI is InChI=1S/C28H29NO3/c1-4-8-21-15-19(2)25(20(3)16-21)26-23(30)17-28(18-24(26)31)11-13-29(14-12-28)27(32)22-9-6-5-7-10-22/h5-7,9-10,15-16,26H,11-14,17-18H2,1-3H3. The van der Waals surface area contributed by atoms with Crippen LogP contribution in [0.15, 0.2) is 42.5 Å². The van der Waals surface area contributed by atoms with Crippen molar-refractivity contribution in [2.75, 3.05) is 13.1 Å². The van der Waals surface area contributed by atoms with Crippen LogP contribution in [0, 0.1) is 31.1 Å². The third-order valence-electron chi connectivity index (χ3n) is 7.03. The number of rotatable bonds is 2. The molecule has 0 atom stereocenters. The predicted molar refractivity (Wildman–Crippen MR) is 124 cm³/mol. The monoisotopic (exact) mass is 427 g/mol. The topological polar surface area (TPSA) is 54.5 Å². The van der Waals surface area contributed by atoms with Crippen LogP contribution in [0.2, 0.25) is 0 Å². The number of hydrogen-bond donors (Lipinski definition) is 0. The lowest BCUT2D eigenvalue weighted by molar-refractivity contribution is -0.138. The molecule has 2 fully saturated rings. The SMILES string of the molecule is CC#Cc1cc(C)c(C2C(=O)CC3(CCN(C(=O)c4ccccc4)CC3)CC2=O)c(C)c1. The van der Waals surface area contributed by atoms with Gasteiger partial charge in [-0.25, -0.2) is 0 Å². The molecular weight excluding hydrogens is 398 g/mol. The molecule has 1 heterocycles. The minimum Gasteiger partial charge on any atom is -0.339 e. The molecule has 0 radical (unpaired) electrons. The molecule has 4 heteroatoms. The molecule has 1 spiro atoms. The number of Topliss-reactive ketones (excluding diaryl/α,β-unsaturated/α-hetero) is 2. The average Bonchev–Trinajstić information content (AvgIpc) is 2.76. The normalized spacial score (nSPS) is 18.4. The first-order valence-electron chi connectivity index (χ1n) is 11.3. The summed E-state index contributed by atoms with van der Waals surface area (Å²) >= 11 is 0. The van der Waals surface area contributed by atoms with E-state index in [0.717, 1.165) is 22.3 Å². The molecule has 0 N–H and O–H groups in total. The molecule has 1 saturated heterocycles. The van der Waals surface area contributed by atoms with Crippen molar-refractivity contribution in [1.29, 1.82) is 0 Å². The van der Waals surface area contributed by atoms with E-state index in [0.29, 0.717) is 44.3 Å². The second-order valence-corrected chi connectivity index (χ2v) is 9.28. The number of nitrogens with zero attached hydrogens (tertiary/aromatic N) is 1. The Labute approximate surface area is 190 Å². The van der Waals surface area contributed by atoms with Gasteiger partial charge in [-0.3, -0.25) is 14.4 Å². The Kier molecular flexibility index (Phi) is 6.02. The number of piperidine rings is 1. The maximum Gasteiger partial charge on any atom is 0.253 e.